The van der Waals surface area contributed by atoms with Gasteiger partial charge in [-0.25, -0.2) is 4.39 Å². The fraction of sp³-hybridized carbons (Fsp3) is 0.333. The van der Waals surface area contributed by atoms with Gasteiger partial charge in [0.1, 0.15) is 5.82 Å². The quantitative estimate of drug-likeness (QED) is 0.884. The molecule has 5 nitrogen and oxygen atoms in total. The van der Waals surface area contributed by atoms with E-state index in [2.05, 4.69) is 36.8 Å². The molecule has 3 rings (SSSR count). The summed E-state index contributed by atoms with van der Waals surface area (Å²) in [6.45, 7) is 0.573. The first-order valence-electron chi connectivity index (χ1n) is 5.98. The first kappa shape index (κ1) is 12.6. The third kappa shape index (κ3) is 3.30. The van der Waals surface area contributed by atoms with Crippen molar-refractivity contribution in [2.75, 3.05) is 5.32 Å². The molecule has 0 amide bonds. The van der Waals surface area contributed by atoms with E-state index in [1.54, 1.807) is 6.07 Å². The molecular formula is C12H12BrFN4O. The molecule has 2 aromatic rings. The minimum atomic E-state index is -0.308. The van der Waals surface area contributed by atoms with Crippen LogP contribution < -0.4 is 10.6 Å². The summed E-state index contributed by atoms with van der Waals surface area (Å²) in [6.07, 6.45) is 2.42. The minimum Gasteiger partial charge on any atom is -0.406 e. The van der Waals surface area contributed by atoms with Crippen LogP contribution in [-0.2, 0) is 6.54 Å². The van der Waals surface area contributed by atoms with Gasteiger partial charge in [-0.1, -0.05) is 5.10 Å². The fourth-order valence-corrected chi connectivity index (χ4v) is 2.05. The van der Waals surface area contributed by atoms with Crippen molar-refractivity contribution in [2.45, 2.75) is 25.4 Å². The molecular weight excluding hydrogens is 315 g/mol. The van der Waals surface area contributed by atoms with Gasteiger partial charge in [0, 0.05) is 10.5 Å². The number of nitrogens with zero attached hydrogens (tertiary/aromatic N) is 2. The van der Waals surface area contributed by atoms with Crippen molar-refractivity contribution in [3.63, 3.8) is 0 Å². The molecule has 7 heteroatoms. The third-order valence-corrected chi connectivity index (χ3v) is 3.41. The van der Waals surface area contributed by atoms with Crippen molar-refractivity contribution in [2.24, 2.45) is 0 Å². The smallest absolute Gasteiger partial charge is 0.320 e. The van der Waals surface area contributed by atoms with E-state index in [1.807, 2.05) is 0 Å². The molecule has 0 spiro atoms. The van der Waals surface area contributed by atoms with Gasteiger partial charge in [0.05, 0.1) is 12.2 Å². The van der Waals surface area contributed by atoms with E-state index in [4.69, 9.17) is 4.42 Å². The summed E-state index contributed by atoms with van der Waals surface area (Å²) in [5.41, 5.74) is 0.673. The van der Waals surface area contributed by atoms with E-state index >= 15 is 0 Å². The van der Waals surface area contributed by atoms with Crippen LogP contribution in [0.15, 0.2) is 27.1 Å². The van der Waals surface area contributed by atoms with Crippen LogP contribution >= 0.6 is 15.9 Å². The lowest BCUT2D eigenvalue weighted by molar-refractivity contribution is 0.478. The number of halogens is 2. The Morgan fingerprint density at radius 2 is 2.21 bits per heavy atom. The summed E-state index contributed by atoms with van der Waals surface area (Å²) in [7, 11) is 0. The predicted molar refractivity (Wildman–Crippen MR) is 71.5 cm³/mol. The Kier molecular flexibility index (Phi) is 3.48. The Bertz CT molecular complexity index is 585. The minimum absolute atomic E-state index is 0.292. The van der Waals surface area contributed by atoms with E-state index in [1.165, 1.54) is 25.0 Å². The number of nitrogens with one attached hydrogen (secondary N) is 2. The largest absolute Gasteiger partial charge is 0.406 e. The van der Waals surface area contributed by atoms with Crippen molar-refractivity contribution in [3.05, 3.63) is 34.4 Å². The molecule has 0 bridgehead atoms. The van der Waals surface area contributed by atoms with Gasteiger partial charge < -0.3 is 15.1 Å². The highest BCUT2D eigenvalue weighted by molar-refractivity contribution is 9.10. The number of hydrogen-bond donors (Lipinski definition) is 2. The van der Waals surface area contributed by atoms with Crippen LogP contribution in [0.3, 0.4) is 0 Å². The first-order valence-corrected chi connectivity index (χ1v) is 6.78. The molecule has 0 radical (unpaired) electrons. The second-order valence-corrected chi connectivity index (χ2v) is 5.26. The third-order valence-electron chi connectivity index (χ3n) is 2.76. The van der Waals surface area contributed by atoms with E-state index in [0.717, 1.165) is 0 Å². The van der Waals surface area contributed by atoms with Crippen LogP contribution in [0, 0.1) is 5.82 Å². The molecule has 100 valence electrons. The van der Waals surface area contributed by atoms with Gasteiger partial charge in [0.2, 0.25) is 5.89 Å². The maximum absolute atomic E-state index is 13.0. The zero-order valence-electron chi connectivity index (χ0n) is 9.99. The Hall–Kier alpha value is -1.47. The van der Waals surface area contributed by atoms with Crippen molar-refractivity contribution in [1.29, 1.82) is 0 Å². The van der Waals surface area contributed by atoms with Gasteiger partial charge in [-0.05, 0) is 47.0 Å². The molecule has 19 heavy (non-hydrogen) atoms. The van der Waals surface area contributed by atoms with Gasteiger partial charge in [0.15, 0.2) is 0 Å². The molecule has 1 saturated carbocycles. The molecule has 1 heterocycles. The standard InChI is InChI=1S/C12H12BrFN4O/c13-9-5-7(14)1-4-10(9)16-12-18-17-11(19-12)6-15-8-2-3-8/h1,4-5,8,15H,2-3,6H2,(H,16,18). The molecule has 1 fully saturated rings. The molecule has 1 aliphatic rings. The molecule has 1 aliphatic carbocycles. The van der Waals surface area contributed by atoms with Crippen LogP contribution in [0.25, 0.3) is 0 Å². The van der Waals surface area contributed by atoms with Gasteiger partial charge in [-0.3, -0.25) is 0 Å². The lowest BCUT2D eigenvalue weighted by Gasteiger charge is -2.03. The van der Waals surface area contributed by atoms with Gasteiger partial charge in [-0.2, -0.15) is 0 Å². The average Bonchev–Trinajstić information content (AvgIpc) is 3.10. The fourth-order valence-electron chi connectivity index (χ4n) is 1.60. The summed E-state index contributed by atoms with van der Waals surface area (Å²) in [4.78, 5) is 0. The lowest BCUT2D eigenvalue weighted by atomic mass is 10.3. The second-order valence-electron chi connectivity index (χ2n) is 4.41. The van der Waals surface area contributed by atoms with Crippen LogP contribution in [0.5, 0.6) is 0 Å². The summed E-state index contributed by atoms with van der Waals surface area (Å²) in [6, 6.07) is 5.22. The Morgan fingerprint density at radius 1 is 1.37 bits per heavy atom. The van der Waals surface area contributed by atoms with Gasteiger partial charge in [-0.15, -0.1) is 5.10 Å². The second kappa shape index (κ2) is 5.26. The Balaban J connectivity index is 1.65. The van der Waals surface area contributed by atoms with Crippen LogP contribution in [-0.4, -0.2) is 16.2 Å². The highest BCUT2D eigenvalue weighted by Gasteiger charge is 2.21. The molecule has 0 unspecified atom stereocenters. The number of rotatable bonds is 5. The number of benzene rings is 1. The van der Waals surface area contributed by atoms with Crippen LogP contribution in [0.2, 0.25) is 0 Å². The normalized spacial score (nSPS) is 14.6. The zero-order valence-corrected chi connectivity index (χ0v) is 11.6. The van der Waals surface area contributed by atoms with E-state index < -0.39 is 0 Å². The summed E-state index contributed by atoms with van der Waals surface area (Å²) >= 11 is 3.26. The van der Waals surface area contributed by atoms with Crippen LogP contribution in [0.1, 0.15) is 18.7 Å². The van der Waals surface area contributed by atoms with Crippen molar-refractivity contribution in [3.8, 4) is 0 Å². The molecule has 0 aliphatic heterocycles. The van der Waals surface area contributed by atoms with E-state index in [-0.39, 0.29) is 5.82 Å². The highest BCUT2D eigenvalue weighted by Crippen LogP contribution is 2.26. The summed E-state index contributed by atoms with van der Waals surface area (Å²) < 4.78 is 19.0. The summed E-state index contributed by atoms with van der Waals surface area (Å²) in [5, 5.41) is 14.0. The molecule has 2 N–H and O–H groups in total. The number of aromatic nitrogens is 2. The molecule has 0 saturated heterocycles. The first-order chi connectivity index (χ1) is 9.20. The van der Waals surface area contributed by atoms with E-state index in [0.29, 0.717) is 34.7 Å². The van der Waals surface area contributed by atoms with E-state index in [9.17, 15) is 4.39 Å². The van der Waals surface area contributed by atoms with Gasteiger partial charge in [0.25, 0.3) is 0 Å². The molecule has 0 atom stereocenters. The van der Waals surface area contributed by atoms with Crippen molar-refractivity contribution < 1.29 is 8.81 Å². The molecule has 1 aromatic heterocycles. The summed E-state index contributed by atoms with van der Waals surface area (Å²) in [5.74, 6) is 0.227. The SMILES string of the molecule is Fc1ccc(Nc2nnc(CNC3CC3)o2)c(Br)c1. The van der Waals surface area contributed by atoms with Gasteiger partial charge >= 0.3 is 6.01 Å². The molecule has 1 aromatic carbocycles. The number of anilines is 2. The maximum Gasteiger partial charge on any atom is 0.320 e. The Morgan fingerprint density at radius 3 is 2.95 bits per heavy atom. The zero-order chi connectivity index (χ0) is 13.2. The number of hydrogen-bond acceptors (Lipinski definition) is 5. The topological polar surface area (TPSA) is 63.0 Å². The average molecular weight is 327 g/mol. The van der Waals surface area contributed by atoms with Crippen molar-refractivity contribution in [1.82, 2.24) is 15.5 Å². The van der Waals surface area contributed by atoms with Crippen molar-refractivity contribution >= 4 is 27.6 Å². The predicted octanol–water partition coefficient (Wildman–Crippen LogP) is 2.97. The monoisotopic (exact) mass is 326 g/mol. The maximum atomic E-state index is 13.0. The highest BCUT2D eigenvalue weighted by atomic mass is 79.9. The Labute approximate surface area is 117 Å². The van der Waals surface area contributed by atoms with Crippen LogP contribution in [0.4, 0.5) is 16.1 Å². The lowest BCUT2D eigenvalue weighted by Crippen LogP contribution is -2.15.